The minimum absolute atomic E-state index is 0.138. The van der Waals surface area contributed by atoms with Gasteiger partial charge in [0, 0.05) is 0 Å². The van der Waals surface area contributed by atoms with E-state index in [1.165, 1.54) is 11.3 Å². The van der Waals surface area contributed by atoms with Gasteiger partial charge in [-0.15, -0.1) is 11.3 Å². The molecule has 1 atom stereocenters. The summed E-state index contributed by atoms with van der Waals surface area (Å²) in [5.41, 5.74) is 3.02. The highest BCUT2D eigenvalue weighted by Gasteiger charge is 2.23. The Bertz CT molecular complexity index is 669. The number of aryl methyl sites for hydroxylation is 2. The van der Waals surface area contributed by atoms with E-state index in [1.807, 2.05) is 38.1 Å². The Labute approximate surface area is 124 Å². The first-order valence-corrected chi connectivity index (χ1v) is 7.40. The van der Waals surface area contributed by atoms with Gasteiger partial charge in [-0.2, -0.15) is 5.26 Å². The van der Waals surface area contributed by atoms with Crippen LogP contribution in [0.2, 0.25) is 0 Å². The van der Waals surface area contributed by atoms with Crippen LogP contribution in [0.1, 0.15) is 32.3 Å². The van der Waals surface area contributed by atoms with Crippen molar-refractivity contribution in [1.82, 2.24) is 0 Å². The second-order valence-corrected chi connectivity index (χ2v) is 6.84. The van der Waals surface area contributed by atoms with Crippen molar-refractivity contribution < 1.29 is 4.79 Å². The summed E-state index contributed by atoms with van der Waals surface area (Å²) in [5.74, 6) is -0.869. The van der Waals surface area contributed by atoms with Gasteiger partial charge in [-0.1, -0.05) is 18.2 Å². The molecular formula is C15H12BrNOS. The van der Waals surface area contributed by atoms with E-state index in [-0.39, 0.29) is 5.78 Å². The number of halogens is 1. The molecule has 0 saturated carbocycles. The number of carbonyl (C=O) groups excluding carboxylic acids is 1. The summed E-state index contributed by atoms with van der Waals surface area (Å²) in [5, 5.41) is 9.30. The zero-order valence-corrected chi connectivity index (χ0v) is 13.0. The Balaban J connectivity index is 2.37. The lowest BCUT2D eigenvalue weighted by Gasteiger charge is -2.09. The summed E-state index contributed by atoms with van der Waals surface area (Å²) in [6.45, 7) is 4.00. The van der Waals surface area contributed by atoms with Crippen molar-refractivity contribution in [3.05, 3.63) is 55.7 Å². The lowest BCUT2D eigenvalue weighted by atomic mass is 9.93. The van der Waals surface area contributed by atoms with Gasteiger partial charge in [0.05, 0.1) is 14.7 Å². The third-order valence-corrected chi connectivity index (χ3v) is 4.71. The van der Waals surface area contributed by atoms with Gasteiger partial charge in [-0.3, -0.25) is 4.79 Å². The fourth-order valence-electron chi connectivity index (χ4n) is 1.82. The Kier molecular flexibility index (Phi) is 4.18. The Morgan fingerprint density at radius 2 is 2.00 bits per heavy atom. The fourth-order valence-corrected chi connectivity index (χ4v) is 3.17. The van der Waals surface area contributed by atoms with Gasteiger partial charge in [-0.05, 0) is 58.6 Å². The smallest absolute Gasteiger partial charge is 0.194 e. The van der Waals surface area contributed by atoms with Crippen molar-refractivity contribution in [2.45, 2.75) is 19.8 Å². The largest absolute Gasteiger partial charge is 0.291 e. The number of nitriles is 1. The van der Waals surface area contributed by atoms with Crippen LogP contribution in [-0.2, 0) is 0 Å². The lowest BCUT2D eigenvalue weighted by molar-refractivity contribution is 0.0983. The summed E-state index contributed by atoms with van der Waals surface area (Å²) in [6, 6.07) is 11.4. The molecule has 0 fully saturated rings. The second kappa shape index (κ2) is 5.68. The van der Waals surface area contributed by atoms with Crippen LogP contribution in [0.5, 0.6) is 0 Å². The molecule has 0 saturated heterocycles. The number of rotatable bonds is 3. The van der Waals surface area contributed by atoms with E-state index in [4.69, 9.17) is 0 Å². The van der Waals surface area contributed by atoms with Gasteiger partial charge >= 0.3 is 0 Å². The van der Waals surface area contributed by atoms with Crippen LogP contribution < -0.4 is 0 Å². The van der Waals surface area contributed by atoms with Crippen LogP contribution in [0.3, 0.4) is 0 Å². The van der Waals surface area contributed by atoms with Crippen LogP contribution in [-0.4, -0.2) is 5.78 Å². The minimum Gasteiger partial charge on any atom is -0.291 e. The van der Waals surface area contributed by atoms with E-state index < -0.39 is 5.92 Å². The van der Waals surface area contributed by atoms with Crippen molar-refractivity contribution in [1.29, 1.82) is 5.26 Å². The second-order valence-electron chi connectivity index (χ2n) is 4.37. The number of ketones is 1. The summed E-state index contributed by atoms with van der Waals surface area (Å²) >= 11 is 4.69. The summed E-state index contributed by atoms with van der Waals surface area (Å²) in [4.78, 5) is 13.0. The third-order valence-electron chi connectivity index (χ3n) is 3.07. The van der Waals surface area contributed by atoms with E-state index in [2.05, 4.69) is 22.0 Å². The third kappa shape index (κ3) is 2.94. The van der Waals surface area contributed by atoms with Crippen molar-refractivity contribution >= 4 is 33.0 Å². The zero-order valence-electron chi connectivity index (χ0n) is 10.6. The molecule has 19 heavy (non-hydrogen) atoms. The molecule has 1 heterocycles. The van der Waals surface area contributed by atoms with Gasteiger partial charge < -0.3 is 0 Å². The number of Topliss-reactive ketones (excluding diaryl/α,β-unsaturated/α-hetero) is 1. The Morgan fingerprint density at radius 3 is 2.53 bits per heavy atom. The molecule has 0 N–H and O–H groups in total. The van der Waals surface area contributed by atoms with Crippen LogP contribution in [0.25, 0.3) is 0 Å². The van der Waals surface area contributed by atoms with Crippen molar-refractivity contribution in [2.75, 3.05) is 0 Å². The molecule has 0 bridgehead atoms. The average Bonchev–Trinajstić information content (AvgIpc) is 2.81. The predicted molar refractivity (Wildman–Crippen MR) is 80.6 cm³/mol. The van der Waals surface area contributed by atoms with E-state index in [0.717, 1.165) is 20.5 Å². The molecule has 2 rings (SSSR count). The number of carbonyl (C=O) groups is 1. The number of nitrogens with zero attached hydrogens (tertiary/aromatic N) is 1. The zero-order chi connectivity index (χ0) is 14.0. The molecule has 0 radical (unpaired) electrons. The molecule has 1 unspecified atom stereocenters. The standard InChI is InChI=1S/C15H12BrNOS/c1-9-3-4-11(7-10(9)2)12(8-17)15(18)13-5-6-14(16)19-13/h3-7,12H,1-2H3. The first-order valence-electron chi connectivity index (χ1n) is 5.79. The van der Waals surface area contributed by atoms with Gasteiger partial charge in [-0.25, -0.2) is 0 Å². The van der Waals surface area contributed by atoms with Crippen LogP contribution in [0.4, 0.5) is 0 Å². The summed E-state index contributed by atoms with van der Waals surface area (Å²) < 4.78 is 0.896. The highest BCUT2D eigenvalue weighted by atomic mass is 79.9. The van der Waals surface area contributed by atoms with Crippen LogP contribution >= 0.6 is 27.3 Å². The van der Waals surface area contributed by atoms with E-state index in [0.29, 0.717) is 4.88 Å². The molecule has 4 heteroatoms. The van der Waals surface area contributed by atoms with Crippen molar-refractivity contribution in [2.24, 2.45) is 0 Å². The van der Waals surface area contributed by atoms with Crippen molar-refractivity contribution in [3.8, 4) is 6.07 Å². The molecule has 0 amide bonds. The van der Waals surface area contributed by atoms with E-state index in [9.17, 15) is 10.1 Å². The van der Waals surface area contributed by atoms with Crippen LogP contribution in [0.15, 0.2) is 34.1 Å². The maximum Gasteiger partial charge on any atom is 0.194 e. The molecule has 2 aromatic rings. The molecule has 96 valence electrons. The van der Waals surface area contributed by atoms with Gasteiger partial charge in [0.15, 0.2) is 5.78 Å². The maximum atomic E-state index is 12.4. The SMILES string of the molecule is Cc1ccc(C(C#N)C(=O)c2ccc(Br)s2)cc1C. The van der Waals surface area contributed by atoms with Gasteiger partial charge in [0.2, 0.25) is 0 Å². The topological polar surface area (TPSA) is 40.9 Å². The fraction of sp³-hybridized carbons (Fsp3) is 0.200. The highest BCUT2D eigenvalue weighted by Crippen LogP contribution is 2.28. The summed E-state index contributed by atoms with van der Waals surface area (Å²) in [6.07, 6.45) is 0. The quantitative estimate of drug-likeness (QED) is 0.769. The lowest BCUT2D eigenvalue weighted by Crippen LogP contribution is -2.10. The highest BCUT2D eigenvalue weighted by molar-refractivity contribution is 9.11. The number of thiophene rings is 1. The van der Waals surface area contributed by atoms with Crippen molar-refractivity contribution in [3.63, 3.8) is 0 Å². The number of hydrogen-bond donors (Lipinski definition) is 0. The summed E-state index contributed by atoms with van der Waals surface area (Å²) in [7, 11) is 0. The number of benzene rings is 1. The number of hydrogen-bond acceptors (Lipinski definition) is 3. The van der Waals surface area contributed by atoms with E-state index in [1.54, 1.807) is 6.07 Å². The first kappa shape index (κ1) is 14.0. The molecular weight excluding hydrogens is 322 g/mol. The predicted octanol–water partition coefficient (Wildman–Crippen LogP) is 4.62. The van der Waals surface area contributed by atoms with Gasteiger partial charge in [0.25, 0.3) is 0 Å². The molecule has 0 aliphatic heterocycles. The molecule has 1 aromatic carbocycles. The molecule has 0 aliphatic rings. The Morgan fingerprint density at radius 1 is 1.26 bits per heavy atom. The normalized spacial score (nSPS) is 11.9. The monoisotopic (exact) mass is 333 g/mol. The molecule has 0 aliphatic carbocycles. The maximum absolute atomic E-state index is 12.4. The molecule has 2 nitrogen and oxygen atoms in total. The average molecular weight is 334 g/mol. The van der Waals surface area contributed by atoms with E-state index >= 15 is 0 Å². The van der Waals surface area contributed by atoms with Crippen LogP contribution in [0, 0.1) is 25.2 Å². The molecule has 0 spiro atoms. The minimum atomic E-state index is -0.732. The molecule has 1 aromatic heterocycles. The Hall–Kier alpha value is -1.44. The first-order chi connectivity index (χ1) is 9.02. The van der Waals surface area contributed by atoms with Gasteiger partial charge in [0.1, 0.15) is 5.92 Å².